The largest absolute Gasteiger partial charge is 0.481 e. The molecular formula is C13H17N5O10P2. The highest BCUT2D eigenvalue weighted by Gasteiger charge is 2.46. The van der Waals surface area contributed by atoms with Crippen LogP contribution in [0.3, 0.4) is 0 Å². The van der Waals surface area contributed by atoms with E-state index in [9.17, 15) is 24.2 Å². The Balaban J connectivity index is 1.76. The van der Waals surface area contributed by atoms with E-state index in [0.29, 0.717) is 11.3 Å². The average molecular weight is 465 g/mol. The van der Waals surface area contributed by atoms with Gasteiger partial charge in [-0.15, -0.1) is 6.42 Å². The molecule has 30 heavy (non-hydrogen) atoms. The third-order valence-corrected chi connectivity index (χ3v) is 6.09. The molecule has 0 amide bonds. The molecule has 0 bridgehead atoms. The number of anilines is 1. The monoisotopic (exact) mass is 465 g/mol. The van der Waals surface area contributed by atoms with E-state index < -0.39 is 46.8 Å². The highest BCUT2D eigenvalue weighted by molar-refractivity contribution is 7.60. The van der Waals surface area contributed by atoms with Gasteiger partial charge in [0.15, 0.2) is 23.2 Å². The highest BCUT2D eigenvalue weighted by Crippen LogP contribution is 2.57. The predicted molar refractivity (Wildman–Crippen MR) is 97.5 cm³/mol. The lowest BCUT2D eigenvalue weighted by Gasteiger charge is -2.17. The summed E-state index contributed by atoms with van der Waals surface area (Å²) in [7, 11) is -10.5. The summed E-state index contributed by atoms with van der Waals surface area (Å²) < 4.78 is 37.1. The smallest absolute Gasteiger partial charge is 0.387 e. The molecule has 3 rings (SSSR count). The minimum absolute atomic E-state index is 0.178. The van der Waals surface area contributed by atoms with Crippen LogP contribution in [0.2, 0.25) is 0 Å². The first-order valence-electron chi connectivity index (χ1n) is 8.13. The van der Waals surface area contributed by atoms with Crippen LogP contribution in [0.4, 0.5) is 5.82 Å². The standard InChI is InChI=1S/C13H17N5O10P2/c1-2-3-14-11-8-12(16-5-15-11)18(6-17-8)13-10(20)9(19)7(27-13)4-26-30(24,25)28-29(21,22)23/h1,5-7,9-10,13,19-20H,3-4H2,(H,24,25)(H,14,15,16)(H2,21,22,23)/t7-,9-,10-,13+/m1/s1. The first-order valence-corrected chi connectivity index (χ1v) is 11.2. The Kier molecular flexibility index (Phi) is 6.56. The molecule has 17 heteroatoms. The molecule has 164 valence electrons. The van der Waals surface area contributed by atoms with Gasteiger partial charge in [-0.1, -0.05) is 5.92 Å². The molecule has 5 atom stereocenters. The SMILES string of the molecule is C#CCNc1ncnc2c1ncn2[C@H]1O[C@H](COP(=O)(O)OP(=O)(O)O)[C@@H](O)[C@H]1O. The van der Waals surface area contributed by atoms with Gasteiger partial charge < -0.3 is 34.9 Å². The molecular weight excluding hydrogens is 448 g/mol. The van der Waals surface area contributed by atoms with E-state index in [-0.39, 0.29) is 12.2 Å². The van der Waals surface area contributed by atoms with Gasteiger partial charge in [0.05, 0.1) is 19.5 Å². The third kappa shape index (κ3) is 5.02. The van der Waals surface area contributed by atoms with Crippen molar-refractivity contribution in [2.75, 3.05) is 18.5 Å². The Morgan fingerprint density at radius 3 is 2.63 bits per heavy atom. The number of aliphatic hydroxyl groups excluding tert-OH is 2. The van der Waals surface area contributed by atoms with E-state index in [1.54, 1.807) is 0 Å². The molecule has 2 aromatic rings. The number of hydrogen-bond acceptors (Lipinski definition) is 11. The lowest BCUT2D eigenvalue weighted by Crippen LogP contribution is -2.33. The summed E-state index contributed by atoms with van der Waals surface area (Å²) in [6.07, 6.45) is 2.04. The van der Waals surface area contributed by atoms with Crippen LogP contribution >= 0.6 is 15.6 Å². The predicted octanol–water partition coefficient (Wildman–Crippen LogP) is -1.28. The van der Waals surface area contributed by atoms with E-state index in [4.69, 9.17) is 20.9 Å². The van der Waals surface area contributed by atoms with Crippen LogP contribution in [0.25, 0.3) is 11.2 Å². The number of aliphatic hydroxyl groups is 2. The second kappa shape index (κ2) is 8.66. The molecule has 2 aromatic heterocycles. The van der Waals surface area contributed by atoms with Crippen molar-refractivity contribution in [2.24, 2.45) is 0 Å². The number of rotatable bonds is 8. The highest BCUT2D eigenvalue weighted by atomic mass is 31.3. The maximum atomic E-state index is 11.5. The summed E-state index contributed by atoms with van der Waals surface area (Å²) >= 11 is 0. The van der Waals surface area contributed by atoms with E-state index in [1.165, 1.54) is 17.2 Å². The lowest BCUT2D eigenvalue weighted by atomic mass is 10.1. The number of terminal acetylenes is 1. The van der Waals surface area contributed by atoms with Gasteiger partial charge in [0.2, 0.25) is 0 Å². The van der Waals surface area contributed by atoms with E-state index >= 15 is 0 Å². The Bertz CT molecular complexity index is 1050. The van der Waals surface area contributed by atoms with Crippen molar-refractivity contribution in [3.05, 3.63) is 12.7 Å². The number of aromatic nitrogens is 4. The second-order valence-electron chi connectivity index (χ2n) is 5.99. The first kappa shape index (κ1) is 22.7. The maximum absolute atomic E-state index is 11.5. The van der Waals surface area contributed by atoms with E-state index in [1.807, 2.05) is 0 Å². The normalized spacial score (nSPS) is 26.4. The van der Waals surface area contributed by atoms with Crippen LogP contribution in [-0.4, -0.2) is 75.9 Å². The summed E-state index contributed by atoms with van der Waals surface area (Å²) in [5.41, 5.74) is 0.549. The fraction of sp³-hybridized carbons (Fsp3) is 0.462. The Morgan fingerprint density at radius 2 is 1.97 bits per heavy atom. The summed E-state index contributed by atoms with van der Waals surface area (Å²) in [5.74, 6) is 2.72. The molecule has 0 spiro atoms. The van der Waals surface area contributed by atoms with Crippen molar-refractivity contribution in [2.45, 2.75) is 24.5 Å². The molecule has 6 N–H and O–H groups in total. The van der Waals surface area contributed by atoms with Gasteiger partial charge in [-0.2, -0.15) is 4.31 Å². The fourth-order valence-corrected chi connectivity index (χ4v) is 4.32. The van der Waals surface area contributed by atoms with Crippen molar-refractivity contribution in [1.82, 2.24) is 19.5 Å². The van der Waals surface area contributed by atoms with Crippen molar-refractivity contribution in [1.29, 1.82) is 0 Å². The number of phosphoric acid groups is 2. The summed E-state index contributed by atoms with van der Waals surface area (Å²) in [6, 6.07) is 0. The third-order valence-electron chi connectivity index (χ3n) is 3.94. The first-order chi connectivity index (χ1) is 14.0. The van der Waals surface area contributed by atoms with Gasteiger partial charge in [0.1, 0.15) is 24.6 Å². The van der Waals surface area contributed by atoms with Crippen LogP contribution in [-0.2, 0) is 22.7 Å². The quantitative estimate of drug-likeness (QED) is 0.198. The minimum Gasteiger partial charge on any atom is -0.387 e. The second-order valence-corrected chi connectivity index (χ2v) is 8.82. The van der Waals surface area contributed by atoms with Gasteiger partial charge >= 0.3 is 15.6 Å². The Hall–Kier alpha value is -1.95. The fourth-order valence-electron chi connectivity index (χ4n) is 2.72. The molecule has 1 fully saturated rings. The molecule has 1 unspecified atom stereocenters. The number of fused-ring (bicyclic) bond motifs is 1. The minimum atomic E-state index is -5.30. The maximum Gasteiger partial charge on any atom is 0.481 e. The summed E-state index contributed by atoms with van der Waals surface area (Å²) in [5, 5.41) is 23.4. The van der Waals surface area contributed by atoms with Gasteiger partial charge in [0, 0.05) is 0 Å². The molecule has 0 radical (unpaired) electrons. The molecule has 0 aromatic carbocycles. The molecule has 0 aliphatic carbocycles. The molecule has 0 saturated carbocycles. The Labute approximate surface area is 168 Å². The number of nitrogens with one attached hydrogen (secondary N) is 1. The van der Waals surface area contributed by atoms with Crippen molar-refractivity contribution in [3.63, 3.8) is 0 Å². The van der Waals surface area contributed by atoms with Crippen LogP contribution in [0.1, 0.15) is 6.23 Å². The number of ether oxygens (including phenoxy) is 1. The van der Waals surface area contributed by atoms with Crippen molar-refractivity contribution >= 4 is 32.6 Å². The molecule has 1 aliphatic rings. The summed E-state index contributed by atoms with van der Waals surface area (Å²) in [6.45, 7) is -0.642. The number of nitrogens with zero attached hydrogens (tertiary/aromatic N) is 4. The zero-order valence-corrected chi connectivity index (χ0v) is 16.7. The molecule has 3 heterocycles. The van der Waals surface area contributed by atoms with Crippen LogP contribution in [0.15, 0.2) is 12.7 Å². The molecule has 1 aliphatic heterocycles. The molecule has 1 saturated heterocycles. The Morgan fingerprint density at radius 1 is 1.23 bits per heavy atom. The number of imidazole rings is 1. The topological polar surface area (TPSA) is 219 Å². The van der Waals surface area contributed by atoms with Crippen LogP contribution in [0, 0.1) is 12.3 Å². The van der Waals surface area contributed by atoms with E-state index in [2.05, 4.69) is 35.0 Å². The van der Waals surface area contributed by atoms with Gasteiger partial charge in [-0.05, 0) is 0 Å². The average Bonchev–Trinajstić information content (AvgIpc) is 3.19. The van der Waals surface area contributed by atoms with Gasteiger partial charge in [0.25, 0.3) is 0 Å². The van der Waals surface area contributed by atoms with Crippen molar-refractivity contribution < 1.29 is 47.6 Å². The van der Waals surface area contributed by atoms with Gasteiger partial charge in [-0.25, -0.2) is 24.1 Å². The number of hydrogen-bond donors (Lipinski definition) is 6. The molecule has 15 nitrogen and oxygen atoms in total. The van der Waals surface area contributed by atoms with Crippen LogP contribution in [0.5, 0.6) is 0 Å². The lowest BCUT2D eigenvalue weighted by molar-refractivity contribution is -0.0503. The number of phosphoric ester groups is 1. The zero-order chi connectivity index (χ0) is 22.1. The van der Waals surface area contributed by atoms with E-state index in [0.717, 1.165) is 0 Å². The van der Waals surface area contributed by atoms with Gasteiger partial charge in [-0.3, -0.25) is 9.09 Å². The van der Waals surface area contributed by atoms with Crippen molar-refractivity contribution in [3.8, 4) is 12.3 Å². The summed E-state index contributed by atoms with van der Waals surface area (Å²) in [4.78, 5) is 38.7. The van der Waals surface area contributed by atoms with Crippen LogP contribution < -0.4 is 5.32 Å². The zero-order valence-electron chi connectivity index (χ0n) is 14.9.